The molecule has 1 aliphatic rings. The van der Waals surface area contributed by atoms with Crippen LogP contribution in [0.15, 0.2) is 12.2 Å². The molecule has 1 saturated heterocycles. The molecular weight excluding hydrogens is 198 g/mol. The Kier molecular flexibility index (Phi) is 4.57. The molecule has 92 valence electrons. The van der Waals surface area contributed by atoms with Crippen molar-refractivity contribution in [3.63, 3.8) is 0 Å². The molecule has 0 aliphatic carbocycles. The maximum Gasteiger partial charge on any atom is 0.246 e. The van der Waals surface area contributed by atoms with Gasteiger partial charge in [0.25, 0.3) is 0 Å². The third-order valence-electron chi connectivity index (χ3n) is 3.53. The summed E-state index contributed by atoms with van der Waals surface area (Å²) in [6.07, 6.45) is 6.89. The van der Waals surface area contributed by atoms with E-state index in [0.717, 1.165) is 38.3 Å². The number of amides is 1. The van der Waals surface area contributed by atoms with Crippen LogP contribution in [0.2, 0.25) is 0 Å². The van der Waals surface area contributed by atoms with E-state index in [4.69, 9.17) is 0 Å². The lowest BCUT2D eigenvalue weighted by atomic mass is 9.75. The molecule has 0 unspecified atom stereocenters. The number of allylic oxidation sites excluding steroid dienone is 1. The third kappa shape index (κ3) is 3.66. The number of hydrogen-bond acceptors (Lipinski definition) is 1. The van der Waals surface area contributed by atoms with Crippen LogP contribution in [0.1, 0.15) is 47.0 Å². The van der Waals surface area contributed by atoms with Gasteiger partial charge >= 0.3 is 0 Å². The highest BCUT2D eigenvalue weighted by atomic mass is 16.2. The van der Waals surface area contributed by atoms with Gasteiger partial charge in [-0.15, -0.1) is 0 Å². The summed E-state index contributed by atoms with van der Waals surface area (Å²) in [7, 11) is 0. The van der Waals surface area contributed by atoms with Crippen molar-refractivity contribution >= 4 is 5.91 Å². The SMILES string of the molecule is CC/C=C/C(=O)N1CCC(C(C)(C)C)CC1. The zero-order valence-corrected chi connectivity index (χ0v) is 11.1. The van der Waals surface area contributed by atoms with Crippen LogP contribution in [-0.4, -0.2) is 23.9 Å². The monoisotopic (exact) mass is 223 g/mol. The number of likely N-dealkylation sites (tertiary alicyclic amines) is 1. The van der Waals surface area contributed by atoms with Crippen LogP contribution >= 0.6 is 0 Å². The molecule has 0 bridgehead atoms. The van der Waals surface area contributed by atoms with E-state index in [1.807, 2.05) is 11.0 Å². The van der Waals surface area contributed by atoms with Crippen LogP contribution in [-0.2, 0) is 4.79 Å². The average Bonchev–Trinajstić information content (AvgIpc) is 2.25. The van der Waals surface area contributed by atoms with E-state index in [9.17, 15) is 4.79 Å². The minimum atomic E-state index is 0.189. The van der Waals surface area contributed by atoms with E-state index < -0.39 is 0 Å². The van der Waals surface area contributed by atoms with Gasteiger partial charge in [-0.1, -0.05) is 33.8 Å². The maximum atomic E-state index is 11.8. The fraction of sp³-hybridized carbons (Fsp3) is 0.786. The molecule has 1 heterocycles. The summed E-state index contributed by atoms with van der Waals surface area (Å²) < 4.78 is 0. The highest BCUT2D eigenvalue weighted by molar-refractivity contribution is 5.87. The highest BCUT2D eigenvalue weighted by Crippen LogP contribution is 2.34. The molecular formula is C14H25NO. The summed E-state index contributed by atoms with van der Waals surface area (Å²) in [5.41, 5.74) is 0.383. The molecule has 1 rings (SSSR count). The molecule has 0 spiro atoms. The van der Waals surface area contributed by atoms with Gasteiger partial charge in [0.15, 0.2) is 0 Å². The summed E-state index contributed by atoms with van der Waals surface area (Å²) in [5, 5.41) is 0. The first-order chi connectivity index (χ1) is 7.45. The second-order valence-corrected chi connectivity index (χ2v) is 5.78. The van der Waals surface area contributed by atoms with E-state index in [-0.39, 0.29) is 5.91 Å². The Bertz CT molecular complexity index is 254. The largest absolute Gasteiger partial charge is 0.339 e. The van der Waals surface area contributed by atoms with E-state index in [0.29, 0.717) is 5.41 Å². The van der Waals surface area contributed by atoms with E-state index in [1.54, 1.807) is 6.08 Å². The minimum absolute atomic E-state index is 0.189. The van der Waals surface area contributed by atoms with Crippen molar-refractivity contribution in [3.05, 3.63) is 12.2 Å². The van der Waals surface area contributed by atoms with Crippen LogP contribution in [0.3, 0.4) is 0 Å². The van der Waals surface area contributed by atoms with Crippen LogP contribution < -0.4 is 0 Å². The fourth-order valence-corrected chi connectivity index (χ4v) is 2.29. The summed E-state index contributed by atoms with van der Waals surface area (Å²) in [5.74, 6) is 0.945. The molecule has 0 aromatic rings. The first-order valence-corrected chi connectivity index (χ1v) is 6.40. The molecule has 0 aromatic heterocycles. The lowest BCUT2D eigenvalue weighted by Crippen LogP contribution is -2.40. The van der Waals surface area contributed by atoms with Crippen molar-refractivity contribution in [1.29, 1.82) is 0 Å². The van der Waals surface area contributed by atoms with Gasteiger partial charge in [0.1, 0.15) is 0 Å². The Morgan fingerprint density at radius 2 is 1.88 bits per heavy atom. The average molecular weight is 223 g/mol. The van der Waals surface area contributed by atoms with Gasteiger partial charge in [-0.05, 0) is 36.7 Å². The summed E-state index contributed by atoms with van der Waals surface area (Å²) in [4.78, 5) is 13.7. The van der Waals surface area contributed by atoms with Gasteiger partial charge in [-0.2, -0.15) is 0 Å². The van der Waals surface area contributed by atoms with Crippen molar-refractivity contribution in [2.75, 3.05) is 13.1 Å². The Labute approximate surface area is 99.7 Å². The standard InChI is InChI=1S/C14H25NO/c1-5-6-7-13(16)15-10-8-12(9-11-15)14(2,3)4/h6-7,12H,5,8-11H2,1-4H3/b7-6+. The Hall–Kier alpha value is -0.790. The van der Waals surface area contributed by atoms with Crippen LogP contribution in [0.5, 0.6) is 0 Å². The van der Waals surface area contributed by atoms with Gasteiger partial charge < -0.3 is 4.90 Å². The molecule has 0 atom stereocenters. The van der Waals surface area contributed by atoms with E-state index >= 15 is 0 Å². The Balaban J connectivity index is 2.43. The first kappa shape index (κ1) is 13.3. The number of rotatable bonds is 2. The molecule has 0 radical (unpaired) electrons. The van der Waals surface area contributed by atoms with Crippen LogP contribution in [0.4, 0.5) is 0 Å². The number of piperidine rings is 1. The molecule has 1 amide bonds. The van der Waals surface area contributed by atoms with Crippen LogP contribution in [0, 0.1) is 11.3 Å². The van der Waals surface area contributed by atoms with Crippen molar-refractivity contribution in [2.45, 2.75) is 47.0 Å². The zero-order valence-electron chi connectivity index (χ0n) is 11.1. The predicted molar refractivity (Wildman–Crippen MR) is 68.2 cm³/mol. The molecule has 0 aromatic carbocycles. The Morgan fingerprint density at radius 3 is 2.31 bits per heavy atom. The molecule has 2 heteroatoms. The summed E-state index contributed by atoms with van der Waals surface area (Å²) in [6.45, 7) is 10.8. The van der Waals surface area contributed by atoms with Crippen molar-refractivity contribution in [1.82, 2.24) is 4.90 Å². The molecule has 0 N–H and O–H groups in total. The quantitative estimate of drug-likeness (QED) is 0.658. The topological polar surface area (TPSA) is 20.3 Å². The fourth-order valence-electron chi connectivity index (χ4n) is 2.29. The van der Waals surface area contributed by atoms with E-state index in [2.05, 4.69) is 27.7 Å². The molecule has 1 fully saturated rings. The number of carbonyl (C=O) groups excluding carboxylic acids is 1. The van der Waals surface area contributed by atoms with Crippen molar-refractivity contribution in [2.24, 2.45) is 11.3 Å². The molecule has 1 aliphatic heterocycles. The second-order valence-electron chi connectivity index (χ2n) is 5.78. The summed E-state index contributed by atoms with van der Waals surface area (Å²) in [6, 6.07) is 0. The van der Waals surface area contributed by atoms with Crippen molar-refractivity contribution in [3.8, 4) is 0 Å². The van der Waals surface area contributed by atoms with Gasteiger partial charge in [-0.3, -0.25) is 4.79 Å². The highest BCUT2D eigenvalue weighted by Gasteiger charge is 2.29. The zero-order chi connectivity index (χ0) is 12.2. The lowest BCUT2D eigenvalue weighted by molar-refractivity contribution is -0.127. The third-order valence-corrected chi connectivity index (χ3v) is 3.53. The van der Waals surface area contributed by atoms with Crippen molar-refractivity contribution < 1.29 is 4.79 Å². The van der Waals surface area contributed by atoms with Gasteiger partial charge in [-0.25, -0.2) is 0 Å². The van der Waals surface area contributed by atoms with Crippen LogP contribution in [0.25, 0.3) is 0 Å². The van der Waals surface area contributed by atoms with E-state index in [1.165, 1.54) is 0 Å². The molecule has 2 nitrogen and oxygen atoms in total. The number of carbonyl (C=O) groups is 1. The molecule has 16 heavy (non-hydrogen) atoms. The lowest BCUT2D eigenvalue weighted by Gasteiger charge is -2.38. The number of hydrogen-bond donors (Lipinski definition) is 0. The molecule has 0 saturated carbocycles. The maximum absolute atomic E-state index is 11.8. The van der Waals surface area contributed by atoms with Gasteiger partial charge in [0.05, 0.1) is 0 Å². The minimum Gasteiger partial charge on any atom is -0.339 e. The smallest absolute Gasteiger partial charge is 0.246 e. The normalized spacial score (nSPS) is 19.4. The Morgan fingerprint density at radius 1 is 1.31 bits per heavy atom. The first-order valence-electron chi connectivity index (χ1n) is 6.40. The van der Waals surface area contributed by atoms with Gasteiger partial charge in [0, 0.05) is 13.1 Å². The second kappa shape index (κ2) is 5.51. The summed E-state index contributed by atoms with van der Waals surface area (Å²) >= 11 is 0. The number of nitrogens with zero attached hydrogens (tertiary/aromatic N) is 1. The van der Waals surface area contributed by atoms with Gasteiger partial charge in [0.2, 0.25) is 5.91 Å². The predicted octanol–water partition coefficient (Wildman–Crippen LogP) is 3.24.